The van der Waals surface area contributed by atoms with E-state index in [2.05, 4.69) is 10.3 Å². The van der Waals surface area contributed by atoms with Crippen LogP contribution in [0.4, 0.5) is 10.1 Å². The zero-order valence-corrected chi connectivity index (χ0v) is 14.5. The summed E-state index contributed by atoms with van der Waals surface area (Å²) in [5.74, 6) is 0.0995. The lowest BCUT2D eigenvalue weighted by molar-refractivity contribution is -0.0716. The largest absolute Gasteiger partial charge is 0.448 e. The summed E-state index contributed by atoms with van der Waals surface area (Å²) in [5, 5.41) is 3.42. The zero-order valence-electron chi connectivity index (χ0n) is 14.5. The van der Waals surface area contributed by atoms with Crippen molar-refractivity contribution in [1.82, 2.24) is 4.98 Å². The van der Waals surface area contributed by atoms with Gasteiger partial charge in [-0.05, 0) is 37.1 Å². The lowest BCUT2D eigenvalue weighted by Gasteiger charge is -2.21. The summed E-state index contributed by atoms with van der Waals surface area (Å²) in [6, 6.07) is 11.7. The van der Waals surface area contributed by atoms with Crippen molar-refractivity contribution >= 4 is 22.5 Å². The van der Waals surface area contributed by atoms with E-state index in [0.29, 0.717) is 28.1 Å². The first-order chi connectivity index (χ1) is 13.1. The minimum Gasteiger partial charge on any atom is -0.448 e. The molecule has 1 aliphatic heterocycles. The number of rotatable bonds is 2. The molecule has 1 spiro atoms. The van der Waals surface area contributed by atoms with E-state index < -0.39 is 11.6 Å². The fourth-order valence-electron chi connectivity index (χ4n) is 3.74. The van der Waals surface area contributed by atoms with Crippen LogP contribution in [-0.4, -0.2) is 16.7 Å². The number of amides is 1. The van der Waals surface area contributed by atoms with Gasteiger partial charge >= 0.3 is 0 Å². The summed E-state index contributed by atoms with van der Waals surface area (Å²) in [6.45, 7) is 0. The van der Waals surface area contributed by atoms with Gasteiger partial charge in [-0.25, -0.2) is 4.39 Å². The third-order valence-electron chi connectivity index (χ3n) is 5.08. The molecule has 2 heterocycles. The standard InChI is InChI=1S/C21H17FN2O3/c22-16-5-3-4-13-10-14(12-23-19(13)16)20(25)24-15-6-7-17-18(11-15)27-21(26-17)8-1-2-9-21/h3-7,10-12H,1-2,8-9H2,(H,24,25). The number of nitrogens with one attached hydrogen (secondary N) is 1. The highest BCUT2D eigenvalue weighted by atomic mass is 19.1. The predicted octanol–water partition coefficient (Wildman–Crippen LogP) is 4.67. The van der Waals surface area contributed by atoms with Gasteiger partial charge in [-0.3, -0.25) is 9.78 Å². The van der Waals surface area contributed by atoms with Gasteiger partial charge in [0.05, 0.1) is 5.56 Å². The molecule has 2 aromatic carbocycles. The van der Waals surface area contributed by atoms with E-state index in [1.807, 2.05) is 6.07 Å². The van der Waals surface area contributed by atoms with Crippen LogP contribution in [0, 0.1) is 5.82 Å². The molecule has 6 heteroatoms. The number of fused-ring (bicyclic) bond motifs is 2. The number of nitrogens with zero attached hydrogens (tertiary/aromatic N) is 1. The normalized spacial score (nSPS) is 16.8. The topological polar surface area (TPSA) is 60.5 Å². The van der Waals surface area contributed by atoms with Crippen molar-refractivity contribution in [2.75, 3.05) is 5.32 Å². The number of hydrogen-bond acceptors (Lipinski definition) is 4. The third kappa shape index (κ3) is 2.77. The lowest BCUT2D eigenvalue weighted by atomic mass is 10.1. The molecule has 27 heavy (non-hydrogen) atoms. The Bertz CT molecular complexity index is 1060. The van der Waals surface area contributed by atoms with E-state index in [0.717, 1.165) is 25.7 Å². The maximum atomic E-state index is 13.7. The molecule has 2 aliphatic rings. The van der Waals surface area contributed by atoms with Gasteiger partial charge in [0, 0.05) is 36.2 Å². The van der Waals surface area contributed by atoms with Gasteiger partial charge in [0.1, 0.15) is 11.3 Å². The van der Waals surface area contributed by atoms with E-state index in [-0.39, 0.29) is 11.4 Å². The number of benzene rings is 2. The maximum Gasteiger partial charge on any atom is 0.257 e. The van der Waals surface area contributed by atoms with Crippen molar-refractivity contribution in [3.8, 4) is 11.5 Å². The molecule has 0 radical (unpaired) electrons. The predicted molar refractivity (Wildman–Crippen MR) is 98.6 cm³/mol. The van der Waals surface area contributed by atoms with Crippen molar-refractivity contribution in [2.45, 2.75) is 31.5 Å². The van der Waals surface area contributed by atoms with Crippen molar-refractivity contribution < 1.29 is 18.7 Å². The van der Waals surface area contributed by atoms with Crippen LogP contribution in [0.1, 0.15) is 36.0 Å². The van der Waals surface area contributed by atoms with Gasteiger partial charge in [0.2, 0.25) is 0 Å². The Labute approximate surface area is 155 Å². The highest BCUT2D eigenvalue weighted by molar-refractivity contribution is 6.05. The lowest BCUT2D eigenvalue weighted by Crippen LogP contribution is -2.34. The number of aromatic nitrogens is 1. The molecule has 1 aliphatic carbocycles. The number of ether oxygens (including phenoxy) is 2. The van der Waals surface area contributed by atoms with Crippen molar-refractivity contribution in [3.05, 3.63) is 60.0 Å². The molecule has 1 fully saturated rings. The first-order valence-electron chi connectivity index (χ1n) is 9.00. The summed E-state index contributed by atoms with van der Waals surface area (Å²) in [5.41, 5.74) is 1.22. The highest BCUT2D eigenvalue weighted by Gasteiger charge is 2.44. The maximum absolute atomic E-state index is 13.7. The summed E-state index contributed by atoms with van der Waals surface area (Å²) in [7, 11) is 0. The van der Waals surface area contributed by atoms with Crippen LogP contribution in [0.2, 0.25) is 0 Å². The molecule has 5 rings (SSSR count). The number of hydrogen-bond donors (Lipinski definition) is 1. The van der Waals surface area contributed by atoms with Gasteiger partial charge in [-0.15, -0.1) is 0 Å². The Morgan fingerprint density at radius 3 is 2.74 bits per heavy atom. The van der Waals surface area contributed by atoms with E-state index in [1.165, 1.54) is 12.3 Å². The van der Waals surface area contributed by atoms with Gasteiger partial charge in [-0.1, -0.05) is 12.1 Å². The number of para-hydroxylation sites is 1. The SMILES string of the molecule is O=C(Nc1ccc2c(c1)OC1(CCCC1)O2)c1cnc2c(F)cccc2c1. The summed E-state index contributed by atoms with van der Waals surface area (Å²) in [4.78, 5) is 16.6. The van der Waals surface area contributed by atoms with E-state index in [9.17, 15) is 9.18 Å². The second-order valence-corrected chi connectivity index (χ2v) is 6.97. The summed E-state index contributed by atoms with van der Waals surface area (Å²) >= 11 is 0. The van der Waals surface area contributed by atoms with Crippen molar-refractivity contribution in [1.29, 1.82) is 0 Å². The molecule has 0 atom stereocenters. The molecular formula is C21H17FN2O3. The van der Waals surface area contributed by atoms with Gasteiger partial charge < -0.3 is 14.8 Å². The Kier molecular flexibility index (Phi) is 3.53. The molecule has 0 bridgehead atoms. The zero-order chi connectivity index (χ0) is 18.4. The third-order valence-corrected chi connectivity index (χ3v) is 5.08. The van der Waals surface area contributed by atoms with Crippen LogP contribution >= 0.6 is 0 Å². The smallest absolute Gasteiger partial charge is 0.257 e. The molecule has 1 amide bonds. The van der Waals surface area contributed by atoms with Crippen molar-refractivity contribution in [2.24, 2.45) is 0 Å². The van der Waals surface area contributed by atoms with Gasteiger partial charge in [-0.2, -0.15) is 0 Å². The summed E-state index contributed by atoms with van der Waals surface area (Å²) < 4.78 is 25.7. The molecule has 0 unspecified atom stereocenters. The van der Waals surface area contributed by atoms with Crippen molar-refractivity contribution in [3.63, 3.8) is 0 Å². The fourth-order valence-corrected chi connectivity index (χ4v) is 3.74. The second kappa shape index (κ2) is 5.94. The van der Waals surface area contributed by atoms with Crippen LogP contribution in [-0.2, 0) is 0 Å². The molecule has 136 valence electrons. The van der Waals surface area contributed by atoms with E-state index in [4.69, 9.17) is 9.47 Å². The molecule has 5 nitrogen and oxygen atoms in total. The molecule has 0 saturated heterocycles. The van der Waals surface area contributed by atoms with Crippen LogP contribution in [0.15, 0.2) is 48.7 Å². The highest BCUT2D eigenvalue weighted by Crippen LogP contribution is 2.47. The molecule has 1 N–H and O–H groups in total. The first-order valence-corrected chi connectivity index (χ1v) is 9.00. The number of carbonyl (C=O) groups is 1. The van der Waals surface area contributed by atoms with E-state index in [1.54, 1.807) is 30.3 Å². The molecule has 3 aromatic rings. The number of carbonyl (C=O) groups excluding carboxylic acids is 1. The summed E-state index contributed by atoms with van der Waals surface area (Å²) in [6.07, 6.45) is 5.31. The molecular weight excluding hydrogens is 347 g/mol. The van der Waals surface area contributed by atoms with Crippen LogP contribution < -0.4 is 14.8 Å². The quantitative estimate of drug-likeness (QED) is 0.718. The Balaban J connectivity index is 1.38. The fraction of sp³-hybridized carbons (Fsp3) is 0.238. The Hall–Kier alpha value is -3.15. The Morgan fingerprint density at radius 1 is 1.07 bits per heavy atom. The van der Waals surface area contributed by atoms with Crippen LogP contribution in [0.5, 0.6) is 11.5 Å². The van der Waals surface area contributed by atoms with Crippen LogP contribution in [0.3, 0.4) is 0 Å². The minimum atomic E-state index is -0.530. The van der Waals surface area contributed by atoms with Gasteiger partial charge in [0.25, 0.3) is 11.7 Å². The van der Waals surface area contributed by atoms with E-state index >= 15 is 0 Å². The average Bonchev–Trinajstić information content (AvgIpc) is 3.27. The van der Waals surface area contributed by atoms with Crippen LogP contribution in [0.25, 0.3) is 10.9 Å². The minimum absolute atomic E-state index is 0.249. The number of pyridine rings is 1. The number of anilines is 1. The molecule has 1 aromatic heterocycles. The first kappa shape index (κ1) is 16.1. The number of halogens is 1. The van der Waals surface area contributed by atoms with Gasteiger partial charge in [0.15, 0.2) is 11.5 Å². The molecule has 1 saturated carbocycles. The Morgan fingerprint density at radius 2 is 1.89 bits per heavy atom. The average molecular weight is 364 g/mol. The second-order valence-electron chi connectivity index (χ2n) is 6.97. The monoisotopic (exact) mass is 364 g/mol.